The molecule has 0 N–H and O–H groups in total. The maximum absolute atomic E-state index is 11.2. The minimum Gasteiger partial charge on any atom is -0.497 e. The quantitative estimate of drug-likeness (QED) is 0.0977. The lowest BCUT2D eigenvalue weighted by Crippen LogP contribution is -1.95. The van der Waals surface area contributed by atoms with Gasteiger partial charge >= 0.3 is 0 Å². The zero-order valence-electron chi connectivity index (χ0n) is 33.3. The number of benzene rings is 7. The lowest BCUT2D eigenvalue weighted by molar-refractivity contribution is 0.100. The van der Waals surface area contributed by atoms with Gasteiger partial charge in [0.25, 0.3) is 0 Å². The lowest BCUT2D eigenvalue weighted by atomic mass is 9.93. The molecule has 0 bridgehead atoms. The zero-order chi connectivity index (χ0) is 40.5. The van der Waals surface area contributed by atoms with Crippen molar-refractivity contribution in [2.45, 2.75) is 43.6 Å². The molecule has 7 rings (SSSR count). The van der Waals surface area contributed by atoms with Crippen molar-refractivity contribution in [3.8, 4) is 46.0 Å². The molecular formula is C50H62O10. The number of carbonyl (C=O) groups excluding carboxylic acids is 2. The minimum atomic E-state index is 0. The van der Waals surface area contributed by atoms with E-state index in [1.54, 1.807) is 95.0 Å². The van der Waals surface area contributed by atoms with E-state index in [-0.39, 0.29) is 41.3 Å². The molecule has 0 aliphatic rings. The van der Waals surface area contributed by atoms with E-state index in [4.69, 9.17) is 37.9 Å². The molecule has 7 aromatic rings. The first-order chi connectivity index (χ1) is 27.0. The van der Waals surface area contributed by atoms with Gasteiger partial charge in [0.05, 0.1) is 56.9 Å². The topological polar surface area (TPSA) is 108 Å². The third kappa shape index (κ3) is 10.9. The molecule has 0 amide bonds. The predicted molar refractivity (Wildman–Crippen MR) is 249 cm³/mol. The van der Waals surface area contributed by atoms with Crippen molar-refractivity contribution in [3.63, 3.8) is 0 Å². The number of rotatable bonds is 10. The molecule has 0 aromatic heterocycles. The Bertz CT molecular complexity index is 2240. The normalized spacial score (nSPS) is 9.77. The van der Waals surface area contributed by atoms with Gasteiger partial charge in [-0.05, 0) is 136 Å². The van der Waals surface area contributed by atoms with E-state index in [0.717, 1.165) is 60.2 Å². The van der Waals surface area contributed by atoms with Gasteiger partial charge in [-0.25, -0.2) is 0 Å². The molecule has 0 radical (unpaired) electrons. The Morgan fingerprint density at radius 3 is 0.867 bits per heavy atom. The van der Waals surface area contributed by atoms with Crippen LogP contribution in [0.25, 0.3) is 43.1 Å². The van der Waals surface area contributed by atoms with Crippen molar-refractivity contribution in [1.82, 2.24) is 0 Å². The highest BCUT2D eigenvalue weighted by Crippen LogP contribution is 2.46. The number of hydrogen-bond acceptors (Lipinski definition) is 10. The fourth-order valence-electron chi connectivity index (χ4n) is 6.37. The Morgan fingerprint density at radius 2 is 0.583 bits per heavy atom. The van der Waals surface area contributed by atoms with Gasteiger partial charge in [0.1, 0.15) is 11.5 Å². The number of methoxy groups -OCH3 is 8. The number of ether oxygens (including phenoxy) is 8. The highest BCUT2D eigenvalue weighted by Gasteiger charge is 2.18. The summed E-state index contributed by atoms with van der Waals surface area (Å²) in [5.74, 6) is 5.69. The second kappa shape index (κ2) is 23.0. The summed E-state index contributed by atoms with van der Waals surface area (Å²) in [7, 11) is 13.0. The standard InChI is InChI=1S/C24H24O6.C13H12O2.C9H10O2.4CH4/c1-25-19-7-13-14(8-20(19)26-2)16-10-22(28-4)24(30-6)12-18(16)17-11-23(29-5)21(27-3)9-15(13)17;1-9(14)10-3-4-12-8-13(15-2)6-5-11(12)7-10;1-7(10)8-3-5-9(11-2)6-4-8;;;;/h7-12H,1-6H3;3-8H,1-2H3;3-6H,1-2H3;4*1H4. The van der Waals surface area contributed by atoms with Crippen LogP contribution < -0.4 is 37.9 Å². The molecule has 0 saturated heterocycles. The molecule has 0 aliphatic heterocycles. The second-order valence-electron chi connectivity index (χ2n) is 12.5. The largest absolute Gasteiger partial charge is 0.497 e. The minimum absolute atomic E-state index is 0. The Labute approximate surface area is 355 Å². The summed E-state index contributed by atoms with van der Waals surface area (Å²) in [4.78, 5) is 22.0. The second-order valence-corrected chi connectivity index (χ2v) is 12.5. The molecule has 0 saturated carbocycles. The molecule has 0 atom stereocenters. The monoisotopic (exact) mass is 822 g/mol. The van der Waals surface area contributed by atoms with Crippen molar-refractivity contribution in [3.05, 3.63) is 108 Å². The predicted octanol–water partition coefficient (Wildman–Crippen LogP) is 12.7. The number of ketones is 2. The SMILES string of the molecule is C.C.C.C.COc1cc2c3cc(OC)c(OC)cc3c3cc(OC)c(OC)cc3c2cc1OC.COc1ccc(C(C)=O)cc1.COc1ccc2cc(C(C)=O)ccc2c1. The number of carbonyl (C=O) groups is 2. The van der Waals surface area contributed by atoms with Crippen molar-refractivity contribution < 1.29 is 47.5 Å². The molecule has 0 aliphatic carbocycles. The summed E-state index contributed by atoms with van der Waals surface area (Å²) >= 11 is 0. The van der Waals surface area contributed by atoms with Gasteiger partial charge in [-0.3, -0.25) is 9.59 Å². The van der Waals surface area contributed by atoms with Crippen LogP contribution in [-0.2, 0) is 0 Å². The van der Waals surface area contributed by atoms with Crippen LogP contribution in [0.3, 0.4) is 0 Å². The highest BCUT2D eigenvalue weighted by atomic mass is 16.5. The molecule has 322 valence electrons. The summed E-state index contributed by atoms with van der Waals surface area (Å²) < 4.78 is 43.4. The first kappa shape index (κ1) is 51.3. The number of fused-ring (bicyclic) bond motifs is 7. The van der Waals surface area contributed by atoms with Crippen LogP contribution in [0.4, 0.5) is 0 Å². The van der Waals surface area contributed by atoms with E-state index in [9.17, 15) is 9.59 Å². The Kier molecular flexibility index (Phi) is 19.7. The average Bonchev–Trinajstić information content (AvgIpc) is 3.24. The van der Waals surface area contributed by atoms with E-state index in [0.29, 0.717) is 40.1 Å². The molecule has 10 heteroatoms. The molecule has 7 aromatic carbocycles. The van der Waals surface area contributed by atoms with Crippen LogP contribution in [0.15, 0.2) is 97.1 Å². The molecule has 10 nitrogen and oxygen atoms in total. The van der Waals surface area contributed by atoms with E-state index in [2.05, 4.69) is 0 Å². The first-order valence-electron chi connectivity index (χ1n) is 17.6. The third-order valence-corrected chi connectivity index (χ3v) is 9.39. The van der Waals surface area contributed by atoms with Gasteiger partial charge in [-0.1, -0.05) is 47.9 Å². The molecular weight excluding hydrogens is 761 g/mol. The fraction of sp³-hybridized carbons (Fsp3) is 0.280. The maximum Gasteiger partial charge on any atom is 0.161 e. The lowest BCUT2D eigenvalue weighted by Gasteiger charge is -2.18. The van der Waals surface area contributed by atoms with Crippen LogP contribution in [0.2, 0.25) is 0 Å². The first-order valence-corrected chi connectivity index (χ1v) is 17.6. The Hall–Kier alpha value is -6.68. The summed E-state index contributed by atoms with van der Waals surface area (Å²) in [6, 6.07) is 30.4. The zero-order valence-corrected chi connectivity index (χ0v) is 33.3. The molecule has 0 fully saturated rings. The van der Waals surface area contributed by atoms with Crippen molar-refractivity contribution >= 4 is 54.7 Å². The van der Waals surface area contributed by atoms with Gasteiger partial charge in [0, 0.05) is 11.1 Å². The molecule has 60 heavy (non-hydrogen) atoms. The Morgan fingerprint density at radius 1 is 0.317 bits per heavy atom. The Balaban J connectivity index is 0.000000504. The molecule has 0 unspecified atom stereocenters. The van der Waals surface area contributed by atoms with Crippen molar-refractivity contribution in [1.29, 1.82) is 0 Å². The number of Topliss-reactive ketones (excluding diaryl/α,β-unsaturated/α-hetero) is 2. The molecule has 0 heterocycles. The van der Waals surface area contributed by atoms with E-state index in [1.807, 2.05) is 72.8 Å². The summed E-state index contributed by atoms with van der Waals surface area (Å²) in [6.07, 6.45) is 0. The summed E-state index contributed by atoms with van der Waals surface area (Å²) in [6.45, 7) is 3.12. The van der Waals surface area contributed by atoms with Gasteiger partial charge in [0.15, 0.2) is 46.1 Å². The average molecular weight is 823 g/mol. The van der Waals surface area contributed by atoms with Gasteiger partial charge in [-0.2, -0.15) is 0 Å². The third-order valence-electron chi connectivity index (χ3n) is 9.39. The van der Waals surface area contributed by atoms with Crippen LogP contribution >= 0.6 is 0 Å². The smallest absolute Gasteiger partial charge is 0.161 e. The van der Waals surface area contributed by atoms with E-state index in [1.165, 1.54) is 0 Å². The van der Waals surface area contributed by atoms with Crippen LogP contribution in [-0.4, -0.2) is 68.4 Å². The fourth-order valence-corrected chi connectivity index (χ4v) is 6.37. The summed E-state index contributed by atoms with van der Waals surface area (Å²) in [5, 5.41) is 8.16. The van der Waals surface area contributed by atoms with E-state index < -0.39 is 0 Å². The van der Waals surface area contributed by atoms with Crippen LogP contribution in [0.5, 0.6) is 46.0 Å². The molecule has 0 spiro atoms. The summed E-state index contributed by atoms with van der Waals surface area (Å²) in [5.41, 5.74) is 1.46. The van der Waals surface area contributed by atoms with Gasteiger partial charge in [0.2, 0.25) is 0 Å². The maximum atomic E-state index is 11.2. The van der Waals surface area contributed by atoms with Crippen molar-refractivity contribution in [2.75, 3.05) is 56.9 Å². The highest BCUT2D eigenvalue weighted by molar-refractivity contribution is 6.27. The van der Waals surface area contributed by atoms with Gasteiger partial charge in [-0.15, -0.1) is 0 Å². The van der Waals surface area contributed by atoms with Crippen molar-refractivity contribution in [2.24, 2.45) is 0 Å². The van der Waals surface area contributed by atoms with E-state index >= 15 is 0 Å². The van der Waals surface area contributed by atoms with Crippen LogP contribution in [0, 0.1) is 0 Å². The number of hydrogen-bond donors (Lipinski definition) is 0. The van der Waals surface area contributed by atoms with Gasteiger partial charge < -0.3 is 37.9 Å². The van der Waals surface area contributed by atoms with Crippen LogP contribution in [0.1, 0.15) is 64.3 Å².